The summed E-state index contributed by atoms with van der Waals surface area (Å²) in [7, 11) is 0. The number of carbonyl (C=O) groups is 1. The molecule has 1 aromatic rings. The molecule has 0 radical (unpaired) electrons. The Morgan fingerprint density at radius 2 is 2.10 bits per heavy atom. The normalized spacial score (nSPS) is 12.1. The molecule has 0 saturated carbocycles. The van der Waals surface area contributed by atoms with Crippen LogP contribution in [0.2, 0.25) is 0 Å². The van der Waals surface area contributed by atoms with Gasteiger partial charge >= 0.3 is 0 Å². The highest BCUT2D eigenvalue weighted by Crippen LogP contribution is 2.06. The lowest BCUT2D eigenvalue weighted by Gasteiger charge is -2.21. The minimum absolute atomic E-state index is 0.0429. The predicted octanol–water partition coefficient (Wildman–Crippen LogP) is 1.72. The number of aliphatic imine (C=N–C) groups is 1. The van der Waals surface area contributed by atoms with Crippen LogP contribution in [0.1, 0.15) is 33.3 Å². The minimum Gasteiger partial charge on any atom is -0.357 e. The first kappa shape index (κ1) is 16.5. The number of thiophene rings is 1. The van der Waals surface area contributed by atoms with Crippen molar-refractivity contribution in [1.29, 1.82) is 0 Å². The first-order chi connectivity index (χ1) is 9.40. The molecule has 0 aliphatic carbocycles. The van der Waals surface area contributed by atoms with Gasteiger partial charge in [0, 0.05) is 12.1 Å². The van der Waals surface area contributed by atoms with Gasteiger partial charge in [-0.05, 0) is 50.1 Å². The number of hydrogen-bond donors (Lipinski definition) is 3. The van der Waals surface area contributed by atoms with Crippen LogP contribution < -0.4 is 16.0 Å². The smallest absolute Gasteiger partial charge is 0.239 e. The molecular weight excluding hydrogens is 272 g/mol. The summed E-state index contributed by atoms with van der Waals surface area (Å²) in [6.45, 7) is 9.46. The first-order valence-corrected chi connectivity index (χ1v) is 7.69. The molecule has 112 valence electrons. The molecule has 1 rings (SSSR count). The highest BCUT2D eigenvalue weighted by Gasteiger charge is 2.13. The molecule has 1 amide bonds. The fraction of sp³-hybridized carbons (Fsp3) is 0.571. The highest BCUT2D eigenvalue weighted by molar-refractivity contribution is 7.07. The van der Waals surface area contributed by atoms with E-state index in [0.29, 0.717) is 12.5 Å². The van der Waals surface area contributed by atoms with Crippen LogP contribution in [0.3, 0.4) is 0 Å². The van der Waals surface area contributed by atoms with Crippen LogP contribution in [0.4, 0.5) is 0 Å². The van der Waals surface area contributed by atoms with E-state index in [0.717, 1.165) is 6.54 Å². The molecule has 1 aromatic heterocycles. The van der Waals surface area contributed by atoms with Crippen molar-refractivity contribution in [3.8, 4) is 0 Å². The Morgan fingerprint density at radius 1 is 1.35 bits per heavy atom. The zero-order valence-electron chi connectivity index (χ0n) is 12.6. The van der Waals surface area contributed by atoms with Crippen LogP contribution in [0.5, 0.6) is 0 Å². The summed E-state index contributed by atoms with van der Waals surface area (Å²) in [5.41, 5.74) is 0.955. The number of amides is 1. The number of nitrogens with one attached hydrogen (secondary N) is 3. The third-order valence-corrected chi connectivity index (χ3v) is 3.01. The summed E-state index contributed by atoms with van der Waals surface area (Å²) in [5, 5.41) is 13.2. The second-order valence-corrected chi connectivity index (χ2v) is 6.26. The van der Waals surface area contributed by atoms with Crippen LogP contribution in [0, 0.1) is 0 Å². The third kappa shape index (κ3) is 7.13. The van der Waals surface area contributed by atoms with Gasteiger partial charge in [-0.3, -0.25) is 4.79 Å². The summed E-state index contributed by atoms with van der Waals surface area (Å²) < 4.78 is 0. The van der Waals surface area contributed by atoms with E-state index in [9.17, 15) is 4.79 Å². The Morgan fingerprint density at radius 3 is 2.65 bits per heavy atom. The van der Waals surface area contributed by atoms with E-state index in [1.165, 1.54) is 5.56 Å². The average molecular weight is 296 g/mol. The van der Waals surface area contributed by atoms with Crippen molar-refractivity contribution in [2.75, 3.05) is 13.1 Å². The highest BCUT2D eigenvalue weighted by atomic mass is 32.1. The molecule has 3 N–H and O–H groups in total. The third-order valence-electron chi connectivity index (χ3n) is 2.27. The van der Waals surface area contributed by atoms with E-state index >= 15 is 0 Å². The molecule has 0 unspecified atom stereocenters. The van der Waals surface area contributed by atoms with Crippen LogP contribution in [0.25, 0.3) is 0 Å². The van der Waals surface area contributed by atoms with Gasteiger partial charge in [-0.2, -0.15) is 11.3 Å². The van der Waals surface area contributed by atoms with Gasteiger partial charge in [-0.1, -0.05) is 0 Å². The molecule has 0 bridgehead atoms. The molecule has 0 aromatic carbocycles. The lowest BCUT2D eigenvalue weighted by atomic mass is 10.1. The molecule has 0 aliphatic heterocycles. The van der Waals surface area contributed by atoms with Crippen molar-refractivity contribution >= 4 is 23.2 Å². The van der Waals surface area contributed by atoms with Gasteiger partial charge in [0.25, 0.3) is 0 Å². The fourth-order valence-electron chi connectivity index (χ4n) is 1.52. The Hall–Kier alpha value is -1.56. The van der Waals surface area contributed by atoms with E-state index in [1.54, 1.807) is 11.3 Å². The molecule has 6 heteroatoms. The maximum Gasteiger partial charge on any atom is 0.239 e. The molecule has 20 heavy (non-hydrogen) atoms. The molecule has 0 atom stereocenters. The lowest BCUT2D eigenvalue weighted by molar-refractivity contribution is -0.121. The maximum absolute atomic E-state index is 11.7. The average Bonchev–Trinajstić information content (AvgIpc) is 2.83. The number of carbonyl (C=O) groups excluding carboxylic acids is 1. The maximum atomic E-state index is 11.7. The monoisotopic (exact) mass is 296 g/mol. The zero-order valence-corrected chi connectivity index (χ0v) is 13.4. The van der Waals surface area contributed by atoms with Crippen molar-refractivity contribution in [1.82, 2.24) is 16.0 Å². The molecule has 1 heterocycles. The largest absolute Gasteiger partial charge is 0.357 e. The van der Waals surface area contributed by atoms with Crippen molar-refractivity contribution in [3.63, 3.8) is 0 Å². The van der Waals surface area contributed by atoms with E-state index in [2.05, 4.69) is 26.3 Å². The standard InChI is InChI=1S/C14H24N4OS/c1-5-15-13(16-8-11-6-7-20-10-11)17-9-12(19)18-14(2,3)4/h6-7,10H,5,8-9H2,1-4H3,(H,18,19)(H2,15,16,17). The summed E-state index contributed by atoms with van der Waals surface area (Å²) in [5.74, 6) is 0.612. The van der Waals surface area contributed by atoms with Crippen molar-refractivity contribution in [3.05, 3.63) is 22.4 Å². The van der Waals surface area contributed by atoms with E-state index < -0.39 is 0 Å². The topological polar surface area (TPSA) is 65.5 Å². The van der Waals surface area contributed by atoms with Crippen molar-refractivity contribution in [2.45, 2.75) is 39.8 Å². The van der Waals surface area contributed by atoms with E-state index in [1.807, 2.05) is 39.1 Å². The predicted molar refractivity (Wildman–Crippen MR) is 85.0 cm³/mol. The molecule has 5 nitrogen and oxygen atoms in total. The van der Waals surface area contributed by atoms with Crippen LogP contribution >= 0.6 is 11.3 Å². The Bertz CT molecular complexity index is 435. The van der Waals surface area contributed by atoms with Gasteiger partial charge < -0.3 is 16.0 Å². The summed E-state index contributed by atoms with van der Waals surface area (Å²) >= 11 is 1.66. The molecule has 0 saturated heterocycles. The lowest BCUT2D eigenvalue weighted by Crippen LogP contribution is -2.48. The molecule has 0 fully saturated rings. The van der Waals surface area contributed by atoms with Crippen LogP contribution in [-0.4, -0.2) is 30.5 Å². The second-order valence-electron chi connectivity index (χ2n) is 5.48. The Kier molecular flexibility index (Phi) is 6.51. The molecular formula is C14H24N4OS. The van der Waals surface area contributed by atoms with Crippen molar-refractivity contribution < 1.29 is 4.79 Å². The van der Waals surface area contributed by atoms with Gasteiger partial charge in [0.2, 0.25) is 5.91 Å². The molecule has 0 spiro atoms. The first-order valence-electron chi connectivity index (χ1n) is 6.75. The van der Waals surface area contributed by atoms with Crippen LogP contribution in [-0.2, 0) is 11.3 Å². The van der Waals surface area contributed by atoms with Crippen molar-refractivity contribution in [2.24, 2.45) is 4.99 Å². The second kappa shape index (κ2) is 7.89. The number of hydrogen-bond acceptors (Lipinski definition) is 3. The van der Waals surface area contributed by atoms with Gasteiger partial charge in [0.1, 0.15) is 0 Å². The van der Waals surface area contributed by atoms with Gasteiger partial charge in [0.15, 0.2) is 5.96 Å². The Labute approximate surface area is 124 Å². The summed E-state index contributed by atoms with van der Waals surface area (Å²) in [6.07, 6.45) is 0. The van der Waals surface area contributed by atoms with Crippen LogP contribution in [0.15, 0.2) is 21.8 Å². The number of guanidine groups is 1. The van der Waals surface area contributed by atoms with E-state index in [4.69, 9.17) is 0 Å². The van der Waals surface area contributed by atoms with E-state index in [-0.39, 0.29) is 18.0 Å². The molecule has 0 aliphatic rings. The Balaban J connectivity index is 2.46. The quantitative estimate of drug-likeness (QED) is 0.572. The number of rotatable bonds is 5. The van der Waals surface area contributed by atoms with Gasteiger partial charge in [-0.15, -0.1) is 0 Å². The number of nitrogens with zero attached hydrogens (tertiary/aromatic N) is 1. The van der Waals surface area contributed by atoms with Gasteiger partial charge in [-0.25, -0.2) is 4.99 Å². The fourth-order valence-corrected chi connectivity index (χ4v) is 2.18. The van der Waals surface area contributed by atoms with Gasteiger partial charge in [0.05, 0.1) is 13.1 Å². The summed E-state index contributed by atoms with van der Waals surface area (Å²) in [4.78, 5) is 16.2. The SMILES string of the molecule is CCNC(=NCc1ccsc1)NCC(=O)NC(C)(C)C. The minimum atomic E-state index is -0.217. The summed E-state index contributed by atoms with van der Waals surface area (Å²) in [6, 6.07) is 2.05. The zero-order chi connectivity index (χ0) is 15.0.